The zero-order chi connectivity index (χ0) is 13.8. The molecule has 0 spiro atoms. The molecule has 0 unspecified atom stereocenters. The largest absolute Gasteiger partial charge is 0.341 e. The van der Waals surface area contributed by atoms with E-state index in [2.05, 4.69) is 27.0 Å². The maximum Gasteiger partial charge on any atom is 0.225 e. The highest BCUT2D eigenvalue weighted by Crippen LogP contribution is 2.21. The number of piperidine rings is 1. The molecule has 20 heavy (non-hydrogen) atoms. The molecule has 104 valence electrons. The van der Waals surface area contributed by atoms with Gasteiger partial charge in [-0.1, -0.05) is 18.2 Å². The summed E-state index contributed by atoms with van der Waals surface area (Å²) in [5, 5.41) is 0. The van der Waals surface area contributed by atoms with Gasteiger partial charge in [-0.05, 0) is 36.5 Å². The molecular weight excluding hydrogens is 248 g/mol. The summed E-state index contributed by atoms with van der Waals surface area (Å²) < 4.78 is 0. The lowest BCUT2D eigenvalue weighted by molar-refractivity contribution is 0.568. The van der Waals surface area contributed by atoms with Gasteiger partial charge in [0.05, 0.1) is 0 Å². The van der Waals surface area contributed by atoms with Gasteiger partial charge in [0.25, 0.3) is 0 Å². The van der Waals surface area contributed by atoms with Crippen LogP contribution in [0.25, 0.3) is 11.1 Å². The van der Waals surface area contributed by atoms with Crippen LogP contribution >= 0.6 is 0 Å². The molecule has 1 aromatic heterocycles. The van der Waals surface area contributed by atoms with Crippen LogP contribution in [0.15, 0.2) is 36.7 Å². The van der Waals surface area contributed by atoms with Crippen LogP contribution in [0.1, 0.15) is 24.8 Å². The first-order valence-electron chi connectivity index (χ1n) is 7.23. The molecule has 2 heterocycles. The topological polar surface area (TPSA) is 55.0 Å². The molecule has 4 heteroatoms. The van der Waals surface area contributed by atoms with E-state index in [0.29, 0.717) is 6.54 Å². The zero-order valence-corrected chi connectivity index (χ0v) is 11.6. The Kier molecular flexibility index (Phi) is 3.92. The number of hydrogen-bond donors (Lipinski definition) is 1. The number of nitrogens with two attached hydrogens (primary N) is 1. The number of nitrogens with zero attached hydrogens (tertiary/aromatic N) is 3. The van der Waals surface area contributed by atoms with E-state index in [0.717, 1.165) is 35.7 Å². The zero-order valence-electron chi connectivity index (χ0n) is 11.6. The molecule has 0 saturated carbocycles. The van der Waals surface area contributed by atoms with Crippen molar-refractivity contribution in [1.82, 2.24) is 9.97 Å². The van der Waals surface area contributed by atoms with Gasteiger partial charge in [0.1, 0.15) is 0 Å². The molecule has 0 radical (unpaired) electrons. The molecule has 0 amide bonds. The van der Waals surface area contributed by atoms with Crippen molar-refractivity contribution in [3.63, 3.8) is 0 Å². The van der Waals surface area contributed by atoms with Gasteiger partial charge in [0.15, 0.2) is 0 Å². The van der Waals surface area contributed by atoms with Crippen molar-refractivity contribution >= 4 is 5.95 Å². The molecule has 1 aliphatic rings. The van der Waals surface area contributed by atoms with Crippen LogP contribution in [0.5, 0.6) is 0 Å². The van der Waals surface area contributed by atoms with Crippen molar-refractivity contribution in [1.29, 1.82) is 0 Å². The van der Waals surface area contributed by atoms with Crippen LogP contribution in [0.2, 0.25) is 0 Å². The number of hydrogen-bond acceptors (Lipinski definition) is 4. The highest BCUT2D eigenvalue weighted by atomic mass is 15.2. The second-order valence-electron chi connectivity index (χ2n) is 5.22. The second kappa shape index (κ2) is 6.01. The predicted molar refractivity (Wildman–Crippen MR) is 81.4 cm³/mol. The fourth-order valence-electron chi connectivity index (χ4n) is 2.61. The molecule has 3 rings (SSSR count). The Bertz CT molecular complexity index is 559. The molecular formula is C16H20N4. The Labute approximate surface area is 119 Å². The van der Waals surface area contributed by atoms with Crippen molar-refractivity contribution < 1.29 is 0 Å². The fourth-order valence-corrected chi connectivity index (χ4v) is 2.61. The standard InChI is InChI=1S/C16H20N4/c17-10-13-5-4-6-14(9-13)15-11-18-16(19-12-15)20-7-2-1-3-8-20/h4-6,9,11-12H,1-3,7-8,10,17H2. The number of rotatable bonds is 3. The lowest BCUT2D eigenvalue weighted by Crippen LogP contribution is -2.30. The molecule has 1 fully saturated rings. The van der Waals surface area contributed by atoms with Gasteiger partial charge in [0, 0.05) is 37.6 Å². The van der Waals surface area contributed by atoms with Gasteiger partial charge in [-0.2, -0.15) is 0 Å². The normalized spacial score (nSPS) is 15.3. The fraction of sp³-hybridized carbons (Fsp3) is 0.375. The van der Waals surface area contributed by atoms with Crippen LogP contribution in [-0.2, 0) is 6.54 Å². The summed E-state index contributed by atoms with van der Waals surface area (Å²) in [7, 11) is 0. The summed E-state index contributed by atoms with van der Waals surface area (Å²) in [6.45, 7) is 2.70. The Morgan fingerprint density at radius 2 is 1.75 bits per heavy atom. The van der Waals surface area contributed by atoms with Gasteiger partial charge in [-0.3, -0.25) is 0 Å². The molecule has 4 nitrogen and oxygen atoms in total. The summed E-state index contributed by atoms with van der Waals surface area (Å²) in [5.41, 5.74) is 8.97. The van der Waals surface area contributed by atoms with Gasteiger partial charge < -0.3 is 10.6 Å². The monoisotopic (exact) mass is 268 g/mol. The summed E-state index contributed by atoms with van der Waals surface area (Å²) in [6, 6.07) is 8.22. The number of aromatic nitrogens is 2. The highest BCUT2D eigenvalue weighted by molar-refractivity contribution is 5.62. The first-order chi connectivity index (χ1) is 9.86. The van der Waals surface area contributed by atoms with Crippen LogP contribution in [0.3, 0.4) is 0 Å². The average molecular weight is 268 g/mol. The molecule has 1 aromatic carbocycles. The molecule has 1 aliphatic heterocycles. The minimum Gasteiger partial charge on any atom is -0.341 e. The van der Waals surface area contributed by atoms with E-state index < -0.39 is 0 Å². The SMILES string of the molecule is NCc1cccc(-c2cnc(N3CCCCC3)nc2)c1. The lowest BCUT2D eigenvalue weighted by Gasteiger charge is -2.26. The van der Waals surface area contributed by atoms with Crippen molar-refractivity contribution in [3.8, 4) is 11.1 Å². The average Bonchev–Trinajstić information content (AvgIpc) is 2.56. The first kappa shape index (κ1) is 13.1. The Balaban J connectivity index is 1.81. The van der Waals surface area contributed by atoms with Crippen molar-refractivity contribution in [3.05, 3.63) is 42.2 Å². The van der Waals surface area contributed by atoms with E-state index in [1.165, 1.54) is 19.3 Å². The third-order valence-electron chi connectivity index (χ3n) is 3.77. The van der Waals surface area contributed by atoms with E-state index >= 15 is 0 Å². The summed E-state index contributed by atoms with van der Waals surface area (Å²) >= 11 is 0. The predicted octanol–water partition coefficient (Wildman–Crippen LogP) is 2.59. The maximum atomic E-state index is 5.68. The van der Waals surface area contributed by atoms with E-state index in [1.807, 2.05) is 24.5 Å². The van der Waals surface area contributed by atoms with E-state index in [9.17, 15) is 0 Å². The maximum absolute atomic E-state index is 5.68. The molecule has 2 N–H and O–H groups in total. The van der Waals surface area contributed by atoms with E-state index in [4.69, 9.17) is 5.73 Å². The van der Waals surface area contributed by atoms with Crippen molar-refractivity contribution in [2.45, 2.75) is 25.8 Å². The third kappa shape index (κ3) is 2.80. The third-order valence-corrected chi connectivity index (χ3v) is 3.77. The molecule has 2 aromatic rings. The lowest BCUT2D eigenvalue weighted by atomic mass is 10.1. The van der Waals surface area contributed by atoms with Crippen LogP contribution in [-0.4, -0.2) is 23.1 Å². The first-order valence-corrected chi connectivity index (χ1v) is 7.23. The van der Waals surface area contributed by atoms with Crippen molar-refractivity contribution in [2.75, 3.05) is 18.0 Å². The molecule has 1 saturated heterocycles. The summed E-state index contributed by atoms with van der Waals surface area (Å²) in [5.74, 6) is 0.850. The number of anilines is 1. The smallest absolute Gasteiger partial charge is 0.225 e. The van der Waals surface area contributed by atoms with Crippen LogP contribution in [0, 0.1) is 0 Å². The van der Waals surface area contributed by atoms with E-state index in [-0.39, 0.29) is 0 Å². The molecule has 0 atom stereocenters. The molecule has 0 aliphatic carbocycles. The van der Waals surface area contributed by atoms with Gasteiger partial charge in [-0.25, -0.2) is 9.97 Å². The van der Waals surface area contributed by atoms with E-state index in [1.54, 1.807) is 0 Å². The van der Waals surface area contributed by atoms with Gasteiger partial charge in [0.2, 0.25) is 5.95 Å². The minimum absolute atomic E-state index is 0.556. The second-order valence-corrected chi connectivity index (χ2v) is 5.22. The van der Waals surface area contributed by atoms with Crippen molar-refractivity contribution in [2.24, 2.45) is 5.73 Å². The summed E-state index contributed by atoms with van der Waals surface area (Å²) in [4.78, 5) is 11.3. The molecule has 0 bridgehead atoms. The van der Waals surface area contributed by atoms with Gasteiger partial charge in [-0.15, -0.1) is 0 Å². The Hall–Kier alpha value is -1.94. The number of benzene rings is 1. The Morgan fingerprint density at radius 3 is 2.45 bits per heavy atom. The van der Waals surface area contributed by atoms with Gasteiger partial charge >= 0.3 is 0 Å². The van der Waals surface area contributed by atoms with Crippen LogP contribution in [0.4, 0.5) is 5.95 Å². The Morgan fingerprint density at radius 1 is 1.00 bits per heavy atom. The van der Waals surface area contributed by atoms with Crippen LogP contribution < -0.4 is 10.6 Å². The quantitative estimate of drug-likeness (QED) is 0.929. The summed E-state index contributed by atoms with van der Waals surface area (Å²) in [6.07, 6.45) is 7.62. The minimum atomic E-state index is 0.556. The highest BCUT2D eigenvalue weighted by Gasteiger charge is 2.13.